The Labute approximate surface area is 138 Å². The predicted molar refractivity (Wildman–Crippen MR) is 96.3 cm³/mol. The summed E-state index contributed by atoms with van der Waals surface area (Å²) in [6.07, 6.45) is 1.25. The van der Waals surface area contributed by atoms with Gasteiger partial charge in [0.15, 0.2) is 8.32 Å². The largest absolute Gasteiger partial charge is 0.498 e. The number of fused-ring (bicyclic) bond motifs is 1. The first-order valence-corrected chi connectivity index (χ1v) is 11.3. The molecule has 4 atom stereocenters. The van der Waals surface area contributed by atoms with Crippen molar-refractivity contribution in [1.82, 2.24) is 0 Å². The van der Waals surface area contributed by atoms with Crippen molar-refractivity contribution >= 4 is 8.32 Å². The molecule has 22 heavy (non-hydrogen) atoms. The molecule has 2 nitrogen and oxygen atoms in total. The van der Waals surface area contributed by atoms with E-state index in [1.54, 1.807) is 0 Å². The molecular weight excluding hydrogens is 288 g/mol. The highest BCUT2D eigenvalue weighted by Gasteiger charge is 2.49. The molecule has 0 aromatic heterocycles. The summed E-state index contributed by atoms with van der Waals surface area (Å²) in [5, 5.41) is 0. The van der Waals surface area contributed by atoms with E-state index in [1.807, 2.05) is 0 Å². The van der Waals surface area contributed by atoms with Crippen LogP contribution in [0.15, 0.2) is 12.3 Å². The Morgan fingerprint density at radius 1 is 1.14 bits per heavy atom. The molecule has 1 saturated heterocycles. The molecule has 0 radical (unpaired) electrons. The first-order chi connectivity index (χ1) is 10.2. The molecule has 2 fully saturated rings. The second kappa shape index (κ2) is 6.68. The maximum atomic E-state index is 6.84. The SMILES string of the molecule is C=C1OC[C@@H]2C[C@H](CO[Si](C(C)C)(C(C)C)C(C)C)[C@@H](C)[C@H]12. The Morgan fingerprint density at radius 3 is 2.14 bits per heavy atom. The third kappa shape index (κ3) is 2.91. The lowest BCUT2D eigenvalue weighted by Gasteiger charge is -2.43. The van der Waals surface area contributed by atoms with Gasteiger partial charge in [-0.2, -0.15) is 0 Å². The number of hydrogen-bond acceptors (Lipinski definition) is 2. The van der Waals surface area contributed by atoms with Gasteiger partial charge in [-0.05, 0) is 34.9 Å². The van der Waals surface area contributed by atoms with Crippen LogP contribution < -0.4 is 0 Å². The maximum absolute atomic E-state index is 6.84. The molecule has 1 heterocycles. The van der Waals surface area contributed by atoms with Gasteiger partial charge in [-0.3, -0.25) is 0 Å². The second-order valence-corrected chi connectivity index (χ2v) is 14.0. The third-order valence-electron chi connectivity index (χ3n) is 6.53. The second-order valence-electron chi connectivity index (χ2n) is 8.55. The summed E-state index contributed by atoms with van der Waals surface area (Å²) in [6, 6.07) is 0. The zero-order valence-corrected chi connectivity index (χ0v) is 16.7. The van der Waals surface area contributed by atoms with E-state index in [0.29, 0.717) is 40.3 Å². The van der Waals surface area contributed by atoms with Crippen LogP contribution in [0.2, 0.25) is 16.6 Å². The fourth-order valence-corrected chi connectivity index (χ4v) is 11.0. The van der Waals surface area contributed by atoms with Gasteiger partial charge in [0.2, 0.25) is 0 Å². The van der Waals surface area contributed by atoms with Crippen molar-refractivity contribution in [2.24, 2.45) is 23.7 Å². The van der Waals surface area contributed by atoms with Crippen LogP contribution in [0.3, 0.4) is 0 Å². The Bertz CT molecular complexity index is 380. The minimum atomic E-state index is -1.73. The van der Waals surface area contributed by atoms with Crippen LogP contribution in [0.4, 0.5) is 0 Å². The lowest BCUT2D eigenvalue weighted by Crippen LogP contribution is -2.48. The zero-order chi connectivity index (χ0) is 16.7. The highest BCUT2D eigenvalue weighted by Crippen LogP contribution is 2.50. The van der Waals surface area contributed by atoms with E-state index in [4.69, 9.17) is 9.16 Å². The minimum absolute atomic E-state index is 0.571. The standard InChI is InChI=1S/C19H36O2Si/c1-12(2)22(13(3)4,14(5)6)21-11-17-9-18-10-20-16(8)19(18)15(17)7/h12-15,17-19H,8-11H2,1-7H3/t15-,17-,18+,19-/m1/s1. The van der Waals surface area contributed by atoms with Crippen LogP contribution in [-0.4, -0.2) is 21.5 Å². The Kier molecular flexibility index (Phi) is 5.49. The van der Waals surface area contributed by atoms with Gasteiger partial charge in [0.05, 0.1) is 12.4 Å². The van der Waals surface area contributed by atoms with Crippen molar-refractivity contribution in [1.29, 1.82) is 0 Å². The maximum Gasteiger partial charge on any atom is 0.200 e. The summed E-state index contributed by atoms with van der Waals surface area (Å²) >= 11 is 0. The van der Waals surface area contributed by atoms with Gasteiger partial charge in [-0.1, -0.05) is 55.0 Å². The first kappa shape index (κ1) is 18.1. The number of ether oxygens (including phenoxy) is 1. The van der Waals surface area contributed by atoms with E-state index in [-0.39, 0.29) is 0 Å². The molecule has 0 spiro atoms. The van der Waals surface area contributed by atoms with Crippen LogP contribution in [0, 0.1) is 23.7 Å². The van der Waals surface area contributed by atoms with Gasteiger partial charge in [0, 0.05) is 18.4 Å². The topological polar surface area (TPSA) is 18.5 Å². The molecule has 1 aliphatic heterocycles. The van der Waals surface area contributed by atoms with Crippen molar-refractivity contribution in [3.05, 3.63) is 12.3 Å². The lowest BCUT2D eigenvalue weighted by atomic mass is 9.89. The normalized spacial score (nSPS) is 32.2. The molecule has 0 aromatic rings. The smallest absolute Gasteiger partial charge is 0.200 e. The van der Waals surface area contributed by atoms with Crippen molar-refractivity contribution in [3.8, 4) is 0 Å². The van der Waals surface area contributed by atoms with Crippen molar-refractivity contribution in [2.75, 3.05) is 13.2 Å². The highest BCUT2D eigenvalue weighted by molar-refractivity contribution is 6.77. The van der Waals surface area contributed by atoms with Crippen LogP contribution in [0.1, 0.15) is 54.9 Å². The van der Waals surface area contributed by atoms with E-state index in [1.165, 1.54) is 6.42 Å². The molecule has 2 aliphatic rings. The minimum Gasteiger partial charge on any atom is -0.498 e. The predicted octanol–water partition coefficient (Wildman–Crippen LogP) is 5.61. The van der Waals surface area contributed by atoms with E-state index in [2.05, 4.69) is 55.0 Å². The molecule has 1 saturated carbocycles. The van der Waals surface area contributed by atoms with Crippen LogP contribution in [0.25, 0.3) is 0 Å². The molecule has 3 heteroatoms. The van der Waals surface area contributed by atoms with E-state index in [0.717, 1.165) is 19.0 Å². The number of hydrogen-bond donors (Lipinski definition) is 0. The van der Waals surface area contributed by atoms with Crippen molar-refractivity contribution in [3.63, 3.8) is 0 Å². The van der Waals surface area contributed by atoms with Crippen LogP contribution in [0.5, 0.6) is 0 Å². The quantitative estimate of drug-likeness (QED) is 0.591. The summed E-state index contributed by atoms with van der Waals surface area (Å²) < 4.78 is 12.5. The third-order valence-corrected chi connectivity index (χ3v) is 12.6. The van der Waals surface area contributed by atoms with Gasteiger partial charge < -0.3 is 9.16 Å². The molecule has 1 aliphatic carbocycles. The van der Waals surface area contributed by atoms with Crippen molar-refractivity contribution in [2.45, 2.75) is 71.5 Å². The summed E-state index contributed by atoms with van der Waals surface area (Å²) in [6.45, 7) is 22.5. The van der Waals surface area contributed by atoms with Gasteiger partial charge in [-0.15, -0.1) is 0 Å². The molecular formula is C19H36O2Si. The average molecular weight is 325 g/mol. The van der Waals surface area contributed by atoms with Gasteiger partial charge >= 0.3 is 0 Å². The van der Waals surface area contributed by atoms with E-state index >= 15 is 0 Å². The average Bonchev–Trinajstić information content (AvgIpc) is 2.91. The highest BCUT2D eigenvalue weighted by atomic mass is 28.4. The summed E-state index contributed by atoms with van der Waals surface area (Å²) in [5.41, 5.74) is 2.01. The van der Waals surface area contributed by atoms with Crippen molar-refractivity contribution < 1.29 is 9.16 Å². The zero-order valence-electron chi connectivity index (χ0n) is 15.7. The molecule has 0 N–H and O–H groups in total. The Hall–Kier alpha value is -0.283. The summed E-state index contributed by atoms with van der Waals surface area (Å²) in [7, 11) is -1.73. The van der Waals surface area contributed by atoms with E-state index in [9.17, 15) is 0 Å². The molecule has 0 amide bonds. The van der Waals surface area contributed by atoms with Gasteiger partial charge in [0.25, 0.3) is 0 Å². The van der Waals surface area contributed by atoms with Crippen LogP contribution >= 0.6 is 0 Å². The Morgan fingerprint density at radius 2 is 1.68 bits per heavy atom. The molecule has 2 rings (SSSR count). The monoisotopic (exact) mass is 324 g/mol. The number of rotatable bonds is 6. The molecule has 128 valence electrons. The van der Waals surface area contributed by atoms with E-state index < -0.39 is 8.32 Å². The van der Waals surface area contributed by atoms with Gasteiger partial charge in [0.1, 0.15) is 0 Å². The molecule has 0 bridgehead atoms. The van der Waals surface area contributed by atoms with Crippen LogP contribution in [-0.2, 0) is 9.16 Å². The molecule has 0 aromatic carbocycles. The Balaban J connectivity index is 2.06. The molecule has 0 unspecified atom stereocenters. The summed E-state index contributed by atoms with van der Waals surface area (Å²) in [4.78, 5) is 0. The number of allylic oxidation sites excluding steroid dienone is 1. The first-order valence-electron chi connectivity index (χ1n) is 9.17. The fourth-order valence-electron chi connectivity index (χ4n) is 5.48. The van der Waals surface area contributed by atoms with Gasteiger partial charge in [-0.25, -0.2) is 0 Å². The fraction of sp³-hybridized carbons (Fsp3) is 0.895. The lowest BCUT2D eigenvalue weighted by molar-refractivity contribution is 0.166. The summed E-state index contributed by atoms with van der Waals surface area (Å²) in [5.74, 6) is 3.61.